The molecule has 0 aliphatic carbocycles. The largest absolute Gasteiger partial charge is 0.497 e. The maximum absolute atomic E-state index is 5.22. The average molecular weight is 315 g/mol. The van der Waals surface area contributed by atoms with Crippen molar-refractivity contribution in [1.29, 1.82) is 0 Å². The second-order valence-corrected chi connectivity index (χ2v) is 5.63. The van der Waals surface area contributed by atoms with E-state index in [1.54, 1.807) is 7.11 Å². The van der Waals surface area contributed by atoms with Crippen LogP contribution in [-0.4, -0.2) is 21.9 Å². The summed E-state index contributed by atoms with van der Waals surface area (Å²) in [5, 5.41) is 5.72. The summed E-state index contributed by atoms with van der Waals surface area (Å²) in [6.07, 6.45) is 0. The summed E-state index contributed by atoms with van der Waals surface area (Å²) in [4.78, 5) is 4.86. The highest BCUT2D eigenvalue weighted by atomic mass is 16.5. The van der Waals surface area contributed by atoms with Gasteiger partial charge in [0.25, 0.3) is 0 Å². The number of pyridine rings is 1. The van der Waals surface area contributed by atoms with Crippen LogP contribution in [0.1, 0.15) is 5.69 Å². The van der Waals surface area contributed by atoms with Crippen LogP contribution in [0.2, 0.25) is 0 Å². The van der Waals surface area contributed by atoms with Gasteiger partial charge in [-0.05, 0) is 55.5 Å². The number of benzene rings is 2. The Hall–Kier alpha value is -3.14. The minimum absolute atomic E-state index is 0.838. The lowest BCUT2D eigenvalue weighted by Gasteiger charge is -2.05. The molecule has 0 N–H and O–H groups in total. The molecule has 0 bridgehead atoms. The standard InChI is InChI=1S/C20H17N3O/c1-14-18-12-13-19(15-8-10-17(24-2)11-9-15)21-20(18)23(22-14)16-6-4-3-5-7-16/h3-13H,1-2H3. The molecule has 0 amide bonds. The number of aryl methyl sites for hydroxylation is 1. The fraction of sp³-hybridized carbons (Fsp3) is 0.100. The predicted molar refractivity (Wildman–Crippen MR) is 95.6 cm³/mol. The Morgan fingerprint density at radius 2 is 1.62 bits per heavy atom. The van der Waals surface area contributed by atoms with Gasteiger partial charge in [0.05, 0.1) is 24.2 Å². The van der Waals surface area contributed by atoms with Crippen LogP contribution in [0.4, 0.5) is 0 Å². The van der Waals surface area contributed by atoms with Gasteiger partial charge in [0.2, 0.25) is 0 Å². The van der Waals surface area contributed by atoms with Gasteiger partial charge in [-0.25, -0.2) is 9.67 Å². The molecule has 24 heavy (non-hydrogen) atoms. The van der Waals surface area contributed by atoms with Gasteiger partial charge in [-0.1, -0.05) is 18.2 Å². The molecule has 118 valence electrons. The SMILES string of the molecule is COc1ccc(-c2ccc3c(C)nn(-c4ccccc4)c3n2)cc1. The van der Waals surface area contributed by atoms with Crippen LogP contribution in [0.15, 0.2) is 66.7 Å². The molecule has 4 nitrogen and oxygen atoms in total. The third-order valence-electron chi connectivity index (χ3n) is 4.10. The summed E-state index contributed by atoms with van der Waals surface area (Å²) in [5.74, 6) is 0.838. The highest BCUT2D eigenvalue weighted by Gasteiger charge is 2.11. The average Bonchev–Trinajstić information content (AvgIpc) is 2.99. The van der Waals surface area contributed by atoms with E-state index in [1.165, 1.54) is 0 Å². The lowest BCUT2D eigenvalue weighted by atomic mass is 10.1. The van der Waals surface area contributed by atoms with E-state index in [9.17, 15) is 0 Å². The third-order valence-corrected chi connectivity index (χ3v) is 4.10. The maximum Gasteiger partial charge on any atom is 0.163 e. The predicted octanol–water partition coefficient (Wildman–Crippen LogP) is 4.40. The smallest absolute Gasteiger partial charge is 0.163 e. The van der Waals surface area contributed by atoms with Crippen molar-refractivity contribution < 1.29 is 4.74 Å². The fourth-order valence-corrected chi connectivity index (χ4v) is 2.82. The Balaban J connectivity index is 1.87. The first-order chi connectivity index (χ1) is 11.8. The van der Waals surface area contributed by atoms with Crippen molar-refractivity contribution in [2.45, 2.75) is 6.92 Å². The van der Waals surface area contributed by atoms with Crippen molar-refractivity contribution >= 4 is 11.0 Å². The Morgan fingerprint density at radius 3 is 2.33 bits per heavy atom. The number of aromatic nitrogens is 3. The van der Waals surface area contributed by atoms with Crippen LogP contribution in [0, 0.1) is 6.92 Å². The van der Waals surface area contributed by atoms with Gasteiger partial charge in [0, 0.05) is 10.9 Å². The minimum Gasteiger partial charge on any atom is -0.497 e. The summed E-state index contributed by atoms with van der Waals surface area (Å²) in [6.45, 7) is 2.01. The topological polar surface area (TPSA) is 39.9 Å². The molecule has 0 unspecified atom stereocenters. The van der Waals surface area contributed by atoms with E-state index in [-0.39, 0.29) is 0 Å². The Morgan fingerprint density at radius 1 is 0.875 bits per heavy atom. The molecule has 2 aromatic carbocycles. The Kier molecular flexibility index (Phi) is 3.50. The molecular formula is C20H17N3O. The number of fused-ring (bicyclic) bond motifs is 1. The van der Waals surface area contributed by atoms with Gasteiger partial charge >= 0.3 is 0 Å². The van der Waals surface area contributed by atoms with Gasteiger partial charge < -0.3 is 4.74 Å². The number of ether oxygens (including phenoxy) is 1. The first-order valence-electron chi connectivity index (χ1n) is 7.82. The molecule has 0 atom stereocenters. The van der Waals surface area contributed by atoms with E-state index in [0.717, 1.165) is 39.4 Å². The van der Waals surface area contributed by atoms with E-state index in [0.29, 0.717) is 0 Å². The van der Waals surface area contributed by atoms with Crippen LogP contribution < -0.4 is 4.74 Å². The second kappa shape index (κ2) is 5.81. The monoisotopic (exact) mass is 315 g/mol. The Labute approximate surface area is 140 Å². The van der Waals surface area contributed by atoms with Gasteiger partial charge in [-0.3, -0.25) is 0 Å². The van der Waals surface area contributed by atoms with Gasteiger partial charge in [0.15, 0.2) is 5.65 Å². The highest BCUT2D eigenvalue weighted by Crippen LogP contribution is 2.26. The zero-order chi connectivity index (χ0) is 16.5. The van der Waals surface area contributed by atoms with Crippen LogP contribution in [0.25, 0.3) is 28.0 Å². The molecule has 0 fully saturated rings. The molecule has 0 saturated heterocycles. The normalized spacial score (nSPS) is 10.9. The summed E-state index contributed by atoms with van der Waals surface area (Å²) in [5.41, 5.74) is 4.82. The number of methoxy groups -OCH3 is 1. The first kappa shape index (κ1) is 14.5. The van der Waals surface area contributed by atoms with E-state index in [4.69, 9.17) is 9.72 Å². The Bertz CT molecular complexity index is 989. The lowest BCUT2D eigenvalue weighted by molar-refractivity contribution is 0.415. The van der Waals surface area contributed by atoms with Crippen LogP contribution in [-0.2, 0) is 0 Å². The summed E-state index contributed by atoms with van der Waals surface area (Å²) >= 11 is 0. The molecule has 2 heterocycles. The van der Waals surface area contributed by atoms with Crippen molar-refractivity contribution in [2.75, 3.05) is 7.11 Å². The maximum atomic E-state index is 5.22. The van der Waals surface area contributed by atoms with Crippen LogP contribution >= 0.6 is 0 Å². The van der Waals surface area contributed by atoms with E-state index in [2.05, 4.69) is 11.2 Å². The van der Waals surface area contributed by atoms with Gasteiger partial charge in [-0.15, -0.1) is 0 Å². The molecule has 4 rings (SSSR count). The molecule has 2 aromatic heterocycles. The van der Waals surface area contributed by atoms with Crippen LogP contribution in [0.5, 0.6) is 5.75 Å². The summed E-state index contributed by atoms with van der Waals surface area (Å²) in [6, 6.07) is 22.1. The highest BCUT2D eigenvalue weighted by molar-refractivity contribution is 5.82. The first-order valence-corrected chi connectivity index (χ1v) is 7.82. The van der Waals surface area contributed by atoms with E-state index < -0.39 is 0 Å². The second-order valence-electron chi connectivity index (χ2n) is 5.63. The molecule has 4 aromatic rings. The summed E-state index contributed by atoms with van der Waals surface area (Å²) < 4.78 is 7.12. The molecule has 0 spiro atoms. The van der Waals surface area contributed by atoms with Crippen molar-refractivity contribution in [3.8, 4) is 22.7 Å². The fourth-order valence-electron chi connectivity index (χ4n) is 2.82. The van der Waals surface area contributed by atoms with E-state index >= 15 is 0 Å². The zero-order valence-electron chi connectivity index (χ0n) is 13.6. The number of hydrogen-bond acceptors (Lipinski definition) is 3. The van der Waals surface area contributed by atoms with Crippen LogP contribution in [0.3, 0.4) is 0 Å². The van der Waals surface area contributed by atoms with Crippen molar-refractivity contribution in [3.63, 3.8) is 0 Å². The number of rotatable bonds is 3. The van der Waals surface area contributed by atoms with Gasteiger partial charge in [-0.2, -0.15) is 5.10 Å². The van der Waals surface area contributed by atoms with Crippen molar-refractivity contribution in [3.05, 3.63) is 72.4 Å². The number of para-hydroxylation sites is 1. The number of nitrogens with zero attached hydrogens (tertiary/aromatic N) is 3. The van der Waals surface area contributed by atoms with Gasteiger partial charge in [0.1, 0.15) is 5.75 Å². The minimum atomic E-state index is 0.838. The molecular weight excluding hydrogens is 298 g/mol. The van der Waals surface area contributed by atoms with E-state index in [1.807, 2.05) is 72.3 Å². The number of hydrogen-bond donors (Lipinski definition) is 0. The zero-order valence-corrected chi connectivity index (χ0v) is 13.6. The van der Waals surface area contributed by atoms with Crippen molar-refractivity contribution in [2.24, 2.45) is 0 Å². The molecule has 0 aliphatic rings. The molecule has 0 aliphatic heterocycles. The molecule has 4 heteroatoms. The van der Waals surface area contributed by atoms with Crippen molar-refractivity contribution in [1.82, 2.24) is 14.8 Å². The summed E-state index contributed by atoms with van der Waals surface area (Å²) in [7, 11) is 1.67. The quantitative estimate of drug-likeness (QED) is 0.562. The lowest BCUT2D eigenvalue weighted by Crippen LogP contribution is -1.98. The third kappa shape index (κ3) is 2.42. The molecule has 0 saturated carbocycles. The molecule has 0 radical (unpaired) electrons.